The lowest BCUT2D eigenvalue weighted by Crippen LogP contribution is -2.58. The van der Waals surface area contributed by atoms with E-state index in [1.165, 1.54) is 11.8 Å². The van der Waals surface area contributed by atoms with E-state index in [4.69, 9.17) is 17.2 Å². The number of aliphatic hydroxyl groups is 1. The van der Waals surface area contributed by atoms with Crippen LogP contribution in [0.3, 0.4) is 0 Å². The summed E-state index contributed by atoms with van der Waals surface area (Å²) in [6.45, 7) is 1.93. The normalized spacial score (nSPS) is 20.1. The van der Waals surface area contributed by atoms with Crippen LogP contribution >= 0.6 is 0 Å². The third kappa shape index (κ3) is 6.15. The number of amides is 2. The summed E-state index contributed by atoms with van der Waals surface area (Å²) in [5, 5.41) is 21.5. The highest BCUT2D eigenvalue weighted by Crippen LogP contribution is 2.19. The minimum absolute atomic E-state index is 0.0543. The first-order valence-corrected chi connectivity index (χ1v) is 8.47. The zero-order valence-corrected chi connectivity index (χ0v) is 14.8. The molecule has 11 heteroatoms. The molecule has 11 nitrogen and oxygen atoms in total. The molecule has 2 amide bonds. The van der Waals surface area contributed by atoms with Crippen LogP contribution in [0.5, 0.6) is 0 Å². The quantitative estimate of drug-likeness (QED) is 0.143. The molecule has 1 heterocycles. The van der Waals surface area contributed by atoms with Gasteiger partial charge in [-0.25, -0.2) is 4.79 Å². The Morgan fingerprint density at radius 3 is 2.54 bits per heavy atom. The van der Waals surface area contributed by atoms with E-state index in [9.17, 15) is 24.6 Å². The Labute approximate surface area is 151 Å². The summed E-state index contributed by atoms with van der Waals surface area (Å²) in [4.78, 5) is 41.0. The number of carboxylic acids is 1. The van der Waals surface area contributed by atoms with Crippen LogP contribution in [0.1, 0.15) is 32.6 Å². The lowest BCUT2D eigenvalue weighted by atomic mass is 10.1. The molecule has 1 rings (SSSR count). The molecular formula is C15H28N6O5. The van der Waals surface area contributed by atoms with E-state index in [1.54, 1.807) is 0 Å². The molecule has 1 aliphatic heterocycles. The maximum Gasteiger partial charge on any atom is 0.326 e. The molecule has 1 fully saturated rings. The van der Waals surface area contributed by atoms with E-state index in [-0.39, 0.29) is 18.9 Å². The zero-order valence-electron chi connectivity index (χ0n) is 14.8. The molecule has 0 unspecified atom stereocenters. The van der Waals surface area contributed by atoms with Gasteiger partial charge in [0.05, 0.1) is 12.1 Å². The summed E-state index contributed by atoms with van der Waals surface area (Å²) in [6.07, 6.45) is 0.437. The molecule has 148 valence electrons. The SMILES string of the molecule is C[C@@H](O)[C@H](NC(=O)[C@@H](N)CCCN=C(N)N)C(=O)N1CCC[C@@H]1C(=O)O. The molecule has 4 atom stereocenters. The molecule has 9 N–H and O–H groups in total. The number of hydrogen-bond donors (Lipinski definition) is 6. The fourth-order valence-corrected chi connectivity index (χ4v) is 2.77. The lowest BCUT2D eigenvalue weighted by Gasteiger charge is -2.29. The van der Waals surface area contributed by atoms with E-state index in [2.05, 4.69) is 10.3 Å². The smallest absolute Gasteiger partial charge is 0.326 e. The van der Waals surface area contributed by atoms with Gasteiger partial charge in [-0.2, -0.15) is 0 Å². The maximum atomic E-state index is 12.6. The van der Waals surface area contributed by atoms with Gasteiger partial charge in [-0.05, 0) is 32.6 Å². The summed E-state index contributed by atoms with van der Waals surface area (Å²) in [7, 11) is 0. The van der Waals surface area contributed by atoms with Crippen LogP contribution in [-0.2, 0) is 14.4 Å². The molecule has 0 radical (unpaired) electrons. The van der Waals surface area contributed by atoms with E-state index < -0.39 is 42.0 Å². The third-order valence-electron chi connectivity index (χ3n) is 4.17. The second kappa shape index (κ2) is 9.92. The fourth-order valence-electron chi connectivity index (χ4n) is 2.77. The van der Waals surface area contributed by atoms with Crippen molar-refractivity contribution >= 4 is 23.7 Å². The number of aliphatic imine (C=N–C) groups is 1. The Morgan fingerprint density at radius 2 is 2.00 bits per heavy atom. The third-order valence-corrected chi connectivity index (χ3v) is 4.17. The Morgan fingerprint density at radius 1 is 1.35 bits per heavy atom. The number of rotatable bonds is 9. The van der Waals surface area contributed by atoms with E-state index in [1.807, 2.05) is 0 Å². The van der Waals surface area contributed by atoms with Crippen molar-refractivity contribution in [1.82, 2.24) is 10.2 Å². The molecule has 1 saturated heterocycles. The van der Waals surface area contributed by atoms with Crippen LogP contribution in [0, 0.1) is 0 Å². The van der Waals surface area contributed by atoms with Crippen molar-refractivity contribution < 1.29 is 24.6 Å². The maximum absolute atomic E-state index is 12.6. The summed E-state index contributed by atoms with van der Waals surface area (Å²) in [6, 6.07) is -3.12. The average Bonchev–Trinajstić information content (AvgIpc) is 3.04. The van der Waals surface area contributed by atoms with Crippen molar-refractivity contribution in [3.8, 4) is 0 Å². The summed E-state index contributed by atoms with van der Waals surface area (Å²) in [5.74, 6) is -2.41. The van der Waals surface area contributed by atoms with Crippen molar-refractivity contribution in [2.75, 3.05) is 13.1 Å². The first kappa shape index (κ1) is 21.6. The number of hydrogen-bond acceptors (Lipinski definition) is 6. The second-order valence-electron chi connectivity index (χ2n) is 6.31. The van der Waals surface area contributed by atoms with Crippen LogP contribution in [0.25, 0.3) is 0 Å². The van der Waals surface area contributed by atoms with Crippen LogP contribution < -0.4 is 22.5 Å². The van der Waals surface area contributed by atoms with Gasteiger partial charge in [-0.3, -0.25) is 14.6 Å². The number of guanidine groups is 1. The molecule has 0 saturated carbocycles. The first-order chi connectivity index (χ1) is 12.1. The van der Waals surface area contributed by atoms with Crippen LogP contribution in [0.4, 0.5) is 0 Å². The molecule has 0 aliphatic carbocycles. The van der Waals surface area contributed by atoms with E-state index in [0.717, 1.165) is 0 Å². The highest BCUT2D eigenvalue weighted by Gasteiger charge is 2.39. The van der Waals surface area contributed by atoms with Crippen LogP contribution in [0.15, 0.2) is 4.99 Å². The van der Waals surface area contributed by atoms with Crippen molar-refractivity contribution in [3.05, 3.63) is 0 Å². The minimum atomic E-state index is -1.26. The van der Waals surface area contributed by atoms with Crippen molar-refractivity contribution in [1.29, 1.82) is 0 Å². The van der Waals surface area contributed by atoms with Crippen LogP contribution in [0.2, 0.25) is 0 Å². The summed E-state index contributed by atoms with van der Waals surface area (Å²) < 4.78 is 0. The number of nitrogens with one attached hydrogen (secondary N) is 1. The monoisotopic (exact) mass is 372 g/mol. The van der Waals surface area contributed by atoms with E-state index in [0.29, 0.717) is 25.8 Å². The van der Waals surface area contributed by atoms with Gasteiger partial charge >= 0.3 is 5.97 Å². The van der Waals surface area contributed by atoms with Gasteiger partial charge in [0.2, 0.25) is 11.8 Å². The van der Waals surface area contributed by atoms with Gasteiger partial charge in [-0.15, -0.1) is 0 Å². The summed E-state index contributed by atoms with van der Waals surface area (Å²) in [5.41, 5.74) is 16.2. The Kier molecular flexibility index (Phi) is 8.26. The van der Waals surface area contributed by atoms with Crippen molar-refractivity contribution in [3.63, 3.8) is 0 Å². The van der Waals surface area contributed by atoms with Gasteiger partial charge in [0.25, 0.3) is 0 Å². The predicted molar refractivity (Wildman–Crippen MR) is 93.9 cm³/mol. The molecule has 0 aromatic carbocycles. The summed E-state index contributed by atoms with van der Waals surface area (Å²) >= 11 is 0. The number of likely N-dealkylation sites (tertiary alicyclic amines) is 1. The van der Waals surface area contributed by atoms with Gasteiger partial charge in [0.1, 0.15) is 12.1 Å². The van der Waals surface area contributed by atoms with Gasteiger partial charge in [0.15, 0.2) is 5.96 Å². The Hall–Kier alpha value is -2.40. The second-order valence-corrected chi connectivity index (χ2v) is 6.31. The first-order valence-electron chi connectivity index (χ1n) is 8.47. The number of carboxylic acid groups (broad SMARTS) is 1. The number of nitrogens with two attached hydrogens (primary N) is 3. The molecule has 0 spiro atoms. The van der Waals surface area contributed by atoms with Crippen LogP contribution in [-0.4, -0.2) is 76.2 Å². The average molecular weight is 372 g/mol. The fraction of sp³-hybridized carbons (Fsp3) is 0.733. The number of carbonyl (C=O) groups excluding carboxylic acids is 2. The lowest BCUT2D eigenvalue weighted by molar-refractivity contribution is -0.150. The Bertz CT molecular complexity index is 549. The van der Waals surface area contributed by atoms with Crippen molar-refractivity contribution in [2.24, 2.45) is 22.2 Å². The molecular weight excluding hydrogens is 344 g/mol. The number of nitrogens with zero attached hydrogens (tertiary/aromatic N) is 2. The van der Waals surface area contributed by atoms with Gasteiger partial charge < -0.3 is 37.6 Å². The molecule has 0 aromatic heterocycles. The number of aliphatic hydroxyl groups excluding tert-OH is 1. The predicted octanol–water partition coefficient (Wildman–Crippen LogP) is -2.69. The molecule has 26 heavy (non-hydrogen) atoms. The largest absolute Gasteiger partial charge is 0.480 e. The molecule has 0 bridgehead atoms. The van der Waals surface area contributed by atoms with Crippen molar-refractivity contribution in [2.45, 2.75) is 56.8 Å². The standard InChI is InChI=1S/C15H28N6O5/c1-8(22)11(13(24)21-7-3-5-10(21)14(25)26)20-12(23)9(16)4-2-6-19-15(17)18/h8-11,22H,2-7,16H2,1H3,(H,20,23)(H,25,26)(H4,17,18,19)/t8-,9+,10-,11+/m1/s1. The highest BCUT2D eigenvalue weighted by atomic mass is 16.4. The van der Waals surface area contributed by atoms with Gasteiger partial charge in [0, 0.05) is 13.1 Å². The topological polar surface area (TPSA) is 197 Å². The number of carbonyl (C=O) groups is 3. The Balaban J connectivity index is 2.66. The molecule has 0 aromatic rings. The van der Waals surface area contributed by atoms with Gasteiger partial charge in [-0.1, -0.05) is 0 Å². The number of aliphatic carboxylic acids is 1. The minimum Gasteiger partial charge on any atom is -0.480 e. The van der Waals surface area contributed by atoms with E-state index >= 15 is 0 Å². The molecule has 1 aliphatic rings. The highest BCUT2D eigenvalue weighted by molar-refractivity contribution is 5.92. The zero-order chi connectivity index (χ0) is 19.9.